The molecule has 0 saturated heterocycles. The molecule has 0 bridgehead atoms. The van der Waals surface area contributed by atoms with Gasteiger partial charge in [-0.05, 0) is 148 Å². The third-order valence-corrected chi connectivity index (χ3v) is 17.1. The Morgan fingerprint density at radius 3 is 1.45 bits per heavy atom. The Balaban J connectivity index is 0.000000134. The minimum atomic E-state index is -0.0605. The molecule has 380 valence electrons. The van der Waals surface area contributed by atoms with E-state index in [1.165, 1.54) is 66.3 Å². The van der Waals surface area contributed by atoms with Crippen LogP contribution in [0.5, 0.6) is 0 Å². The average molecular weight is 1030 g/mol. The third kappa shape index (κ3) is 6.73. The van der Waals surface area contributed by atoms with Gasteiger partial charge in [0.25, 0.3) is 0 Å². The van der Waals surface area contributed by atoms with Gasteiger partial charge in [0.05, 0.1) is 49.8 Å². The molecule has 8 aromatic carbocycles. The second kappa shape index (κ2) is 17.1. The van der Waals surface area contributed by atoms with Crippen LogP contribution < -0.4 is 0 Å². The van der Waals surface area contributed by atoms with Gasteiger partial charge in [-0.2, -0.15) is 0 Å². The summed E-state index contributed by atoms with van der Waals surface area (Å²) < 4.78 is 8.90. The van der Waals surface area contributed by atoms with Gasteiger partial charge in [-0.15, -0.1) is 0 Å². The summed E-state index contributed by atoms with van der Waals surface area (Å²) in [6, 6.07) is 73.6. The molecule has 15 aromatic rings. The van der Waals surface area contributed by atoms with E-state index >= 15 is 0 Å². The molecule has 0 fully saturated rings. The zero-order valence-corrected chi connectivity index (χ0v) is 44.5. The predicted molar refractivity (Wildman–Crippen MR) is 324 cm³/mol. The minimum absolute atomic E-state index is 0.0477. The molecule has 80 heavy (non-hydrogen) atoms. The molecule has 0 spiro atoms. The van der Waals surface area contributed by atoms with Crippen molar-refractivity contribution in [1.29, 1.82) is 0 Å². The largest absolute Gasteiger partial charge is 0.308 e. The molecule has 17 rings (SSSR count). The molecule has 7 aromatic heterocycles. The summed E-state index contributed by atoms with van der Waals surface area (Å²) in [5.41, 5.74) is 25.7. The second-order valence-corrected chi connectivity index (χ2v) is 22.2. The number of aromatic nitrogens is 9. The van der Waals surface area contributed by atoms with Crippen molar-refractivity contribution in [2.75, 3.05) is 0 Å². The molecule has 0 N–H and O–H groups in total. The van der Waals surface area contributed by atoms with Crippen molar-refractivity contribution in [1.82, 2.24) is 43.0 Å². The standard InChI is InChI=1S/C39H28N4.C32H23N5/c1-39(2)31-14-7-6-13-28(31)29-24-36-30(23-32(29)39)37-35(17-10-22-40-37)42(36)26-18-20-27(21-19-26)43-34-16-9-8-15-33(34)41-38(43)25-11-4-3-5-12-25;1-32(2)25-8-4-3-7-22(25)23-18-29-24(17-26(23)32)30-28(9-5-14-33-30)37(29)21-12-10-20(11-13-21)27-19-36-16-6-15-34-31(36)35-27/h3-24H,1-2H3;3-19H,1-2H3. The Morgan fingerprint density at radius 1 is 0.362 bits per heavy atom. The smallest absolute Gasteiger partial charge is 0.234 e. The second-order valence-electron chi connectivity index (χ2n) is 22.2. The highest BCUT2D eigenvalue weighted by atomic mass is 15.1. The van der Waals surface area contributed by atoms with Gasteiger partial charge in [-0.25, -0.2) is 15.0 Å². The van der Waals surface area contributed by atoms with E-state index < -0.39 is 0 Å². The summed E-state index contributed by atoms with van der Waals surface area (Å²) in [6.45, 7) is 9.31. The van der Waals surface area contributed by atoms with Crippen molar-refractivity contribution >= 4 is 60.7 Å². The Morgan fingerprint density at radius 2 is 0.863 bits per heavy atom. The van der Waals surface area contributed by atoms with E-state index in [0.29, 0.717) is 5.78 Å². The highest BCUT2D eigenvalue weighted by Gasteiger charge is 2.38. The maximum atomic E-state index is 5.03. The summed E-state index contributed by atoms with van der Waals surface area (Å²) in [5, 5.41) is 2.37. The van der Waals surface area contributed by atoms with E-state index in [-0.39, 0.29) is 10.8 Å². The van der Waals surface area contributed by atoms with Crippen molar-refractivity contribution < 1.29 is 0 Å². The lowest BCUT2D eigenvalue weighted by atomic mass is 9.82. The van der Waals surface area contributed by atoms with Crippen molar-refractivity contribution in [3.63, 3.8) is 0 Å². The maximum absolute atomic E-state index is 5.03. The monoisotopic (exact) mass is 1030 g/mol. The summed E-state index contributed by atoms with van der Waals surface area (Å²) in [5.74, 6) is 1.64. The van der Waals surface area contributed by atoms with Crippen LogP contribution in [0.1, 0.15) is 49.9 Å². The predicted octanol–water partition coefficient (Wildman–Crippen LogP) is 16.7. The van der Waals surface area contributed by atoms with E-state index in [1.807, 2.05) is 59.5 Å². The van der Waals surface area contributed by atoms with Crippen LogP contribution in [0.15, 0.2) is 237 Å². The lowest BCUT2D eigenvalue weighted by Gasteiger charge is -2.21. The van der Waals surface area contributed by atoms with Crippen molar-refractivity contribution in [3.8, 4) is 62.0 Å². The summed E-state index contributed by atoms with van der Waals surface area (Å²) in [7, 11) is 0. The summed E-state index contributed by atoms with van der Waals surface area (Å²) in [6.07, 6.45) is 9.54. The van der Waals surface area contributed by atoms with E-state index in [0.717, 1.165) is 72.8 Å². The number of fused-ring (bicyclic) bond motifs is 14. The number of pyridine rings is 2. The van der Waals surface area contributed by atoms with Gasteiger partial charge >= 0.3 is 0 Å². The first kappa shape index (κ1) is 45.9. The van der Waals surface area contributed by atoms with Crippen LogP contribution >= 0.6 is 0 Å². The van der Waals surface area contributed by atoms with E-state index in [2.05, 4.69) is 227 Å². The fourth-order valence-electron chi connectivity index (χ4n) is 13.2. The summed E-state index contributed by atoms with van der Waals surface area (Å²) in [4.78, 5) is 23.8. The topological polar surface area (TPSA) is 83.7 Å². The van der Waals surface area contributed by atoms with Crippen LogP contribution in [-0.2, 0) is 10.8 Å². The number of nitrogens with zero attached hydrogens (tertiary/aromatic N) is 9. The van der Waals surface area contributed by atoms with Gasteiger partial charge in [0.1, 0.15) is 5.82 Å². The highest BCUT2D eigenvalue weighted by molar-refractivity contribution is 6.11. The minimum Gasteiger partial charge on any atom is -0.308 e. The van der Waals surface area contributed by atoms with Gasteiger partial charge in [0, 0.05) is 80.8 Å². The first-order valence-corrected chi connectivity index (χ1v) is 27.3. The molecule has 2 aliphatic carbocycles. The highest BCUT2D eigenvalue weighted by Crippen LogP contribution is 2.52. The molecule has 2 aliphatic rings. The number of hydrogen-bond donors (Lipinski definition) is 0. The lowest BCUT2D eigenvalue weighted by molar-refractivity contribution is 0.661. The Labute approximate surface area is 461 Å². The first-order valence-electron chi connectivity index (χ1n) is 27.3. The van der Waals surface area contributed by atoms with Crippen LogP contribution in [-0.4, -0.2) is 43.0 Å². The number of para-hydroxylation sites is 2. The molecule has 9 nitrogen and oxygen atoms in total. The fourth-order valence-corrected chi connectivity index (χ4v) is 13.2. The first-order chi connectivity index (χ1) is 39.2. The van der Waals surface area contributed by atoms with Gasteiger partial charge in [-0.1, -0.05) is 131 Å². The molecule has 0 aliphatic heterocycles. The molecule has 9 heteroatoms. The van der Waals surface area contributed by atoms with Crippen molar-refractivity contribution in [3.05, 3.63) is 259 Å². The molecular formula is C71H51N9. The van der Waals surface area contributed by atoms with E-state index in [4.69, 9.17) is 15.0 Å². The maximum Gasteiger partial charge on any atom is 0.234 e. The van der Waals surface area contributed by atoms with E-state index in [9.17, 15) is 0 Å². The molecule has 7 heterocycles. The Kier molecular flexibility index (Phi) is 9.82. The third-order valence-electron chi connectivity index (χ3n) is 17.1. The van der Waals surface area contributed by atoms with Crippen LogP contribution in [0.3, 0.4) is 0 Å². The summed E-state index contributed by atoms with van der Waals surface area (Å²) >= 11 is 0. The van der Waals surface area contributed by atoms with Crippen LogP contribution in [0, 0.1) is 0 Å². The zero-order valence-electron chi connectivity index (χ0n) is 44.5. The molecule has 0 unspecified atom stereocenters. The van der Waals surface area contributed by atoms with Gasteiger partial charge in [0.2, 0.25) is 5.78 Å². The number of imidazole rings is 2. The van der Waals surface area contributed by atoms with Crippen LogP contribution in [0.4, 0.5) is 0 Å². The number of rotatable bonds is 5. The van der Waals surface area contributed by atoms with Crippen molar-refractivity contribution in [2.24, 2.45) is 0 Å². The zero-order chi connectivity index (χ0) is 53.4. The van der Waals surface area contributed by atoms with E-state index in [1.54, 1.807) is 6.20 Å². The Bertz CT molecular complexity index is 4960. The molecule has 0 amide bonds. The average Bonchev–Trinajstić information content (AvgIpc) is 4.41. The number of benzene rings is 8. The molecular weight excluding hydrogens is 979 g/mol. The van der Waals surface area contributed by atoms with Crippen molar-refractivity contribution in [2.45, 2.75) is 38.5 Å². The van der Waals surface area contributed by atoms with Crippen LogP contribution in [0.2, 0.25) is 0 Å². The molecule has 0 atom stereocenters. The van der Waals surface area contributed by atoms with Crippen LogP contribution in [0.25, 0.3) is 123 Å². The SMILES string of the molecule is CC1(C)c2ccccc2-c2cc3c(cc21)c1ncccc1n3-c1ccc(-c2cn3cccnc3n2)cc1.CC1(C)c2ccccc2-c2cc3c(cc21)c1ncccc1n3-c1ccc(-n2c(-c3ccccc3)nc3ccccc32)cc1. The Hall–Kier alpha value is -10.3. The molecule has 0 saturated carbocycles. The molecule has 0 radical (unpaired) electrons. The fraction of sp³-hybridized carbons (Fsp3) is 0.0845. The van der Waals surface area contributed by atoms with Gasteiger partial charge < -0.3 is 9.13 Å². The quantitative estimate of drug-likeness (QED) is 0.171. The van der Waals surface area contributed by atoms with Gasteiger partial charge in [-0.3, -0.25) is 18.9 Å². The van der Waals surface area contributed by atoms with Gasteiger partial charge in [0.15, 0.2) is 0 Å². The lowest BCUT2D eigenvalue weighted by Crippen LogP contribution is -2.14. The number of hydrogen-bond acceptors (Lipinski definition) is 5. The normalized spacial score (nSPS) is 13.7.